The third-order valence-corrected chi connectivity index (χ3v) is 5.78. The topological polar surface area (TPSA) is 46.4 Å². The van der Waals surface area contributed by atoms with Crippen molar-refractivity contribution >= 4 is 11.9 Å². The first-order valence-corrected chi connectivity index (χ1v) is 9.49. The molecular weight excluding hydrogens is 369 g/mol. The maximum absolute atomic E-state index is 13.4. The van der Waals surface area contributed by atoms with Crippen LogP contribution < -0.4 is 0 Å². The average molecular weight is 387 g/mol. The summed E-state index contributed by atoms with van der Waals surface area (Å²) in [6, 6.07) is 22.3. The average Bonchev–Trinajstić information content (AvgIpc) is 3.33. The summed E-state index contributed by atoms with van der Waals surface area (Å²) < 4.78 is 18.9. The Kier molecular flexibility index (Phi) is 3.98. The van der Waals surface area contributed by atoms with Gasteiger partial charge >= 0.3 is 6.09 Å². The van der Waals surface area contributed by atoms with E-state index in [9.17, 15) is 14.0 Å². The molecule has 2 atom stereocenters. The van der Waals surface area contributed by atoms with E-state index in [-0.39, 0.29) is 18.2 Å². The van der Waals surface area contributed by atoms with E-state index in [0.29, 0.717) is 12.0 Å². The zero-order valence-corrected chi connectivity index (χ0v) is 15.5. The van der Waals surface area contributed by atoms with Crippen molar-refractivity contribution in [2.45, 2.75) is 24.6 Å². The highest BCUT2D eigenvalue weighted by Gasteiger charge is 2.73. The molecule has 29 heavy (non-hydrogen) atoms. The van der Waals surface area contributed by atoms with E-state index in [4.69, 9.17) is 4.74 Å². The summed E-state index contributed by atoms with van der Waals surface area (Å²) in [6.07, 6.45) is -0.103. The molecule has 1 amide bonds. The minimum absolute atomic E-state index is 0.0842. The molecule has 144 valence electrons. The summed E-state index contributed by atoms with van der Waals surface area (Å²) in [5, 5.41) is 0. The zero-order chi connectivity index (χ0) is 20.0. The quantitative estimate of drug-likeness (QED) is 0.612. The largest absolute Gasteiger partial charge is 0.445 e. The van der Waals surface area contributed by atoms with E-state index < -0.39 is 17.7 Å². The molecule has 1 aliphatic heterocycles. The summed E-state index contributed by atoms with van der Waals surface area (Å²) in [7, 11) is 0. The number of ketones is 1. The first kappa shape index (κ1) is 17.6. The lowest BCUT2D eigenvalue weighted by Crippen LogP contribution is -2.30. The maximum atomic E-state index is 13.4. The fraction of sp³-hybridized carbons (Fsp3) is 0.167. The van der Waals surface area contributed by atoms with Gasteiger partial charge in [-0.25, -0.2) is 9.18 Å². The molecule has 5 rings (SSSR count). The molecule has 4 nitrogen and oxygen atoms in total. The Labute approximate surface area is 167 Å². The van der Waals surface area contributed by atoms with E-state index in [1.165, 1.54) is 17.0 Å². The Bertz CT molecular complexity index is 1100. The number of fused-ring (bicyclic) bond motifs is 1. The van der Waals surface area contributed by atoms with E-state index in [0.717, 1.165) is 16.7 Å². The first-order chi connectivity index (χ1) is 14.1. The second kappa shape index (κ2) is 6.55. The Morgan fingerprint density at radius 1 is 1.00 bits per heavy atom. The Hall–Kier alpha value is -3.47. The number of carbonyl (C=O) groups excluding carboxylic acids is 2. The van der Waals surface area contributed by atoms with E-state index in [1.54, 1.807) is 18.2 Å². The van der Waals surface area contributed by atoms with Crippen molar-refractivity contribution in [3.8, 4) is 0 Å². The number of nitrogens with zero attached hydrogens (tertiary/aromatic N) is 1. The number of amides is 1. The molecule has 0 saturated carbocycles. The molecule has 0 bridgehead atoms. The van der Waals surface area contributed by atoms with Crippen LogP contribution >= 0.6 is 0 Å². The molecule has 1 spiro atoms. The van der Waals surface area contributed by atoms with Crippen molar-refractivity contribution in [2.24, 2.45) is 0 Å². The molecule has 0 radical (unpaired) electrons. The molecule has 0 N–H and O–H groups in total. The standard InChI is InChI=1S/C24H18FNO3/c25-19-12-10-17(11-13-19)21-24(14-18-8-4-5-9-20(18)22(24)27)26(21)23(28)29-15-16-6-2-1-3-7-16/h1-13,21H,14-15H2/t21-,24+,26?/m0/s1. The number of Topliss-reactive ketones (excluding diaryl/α,β-unsaturated/α-hetero) is 1. The number of carbonyl (C=O) groups is 2. The maximum Gasteiger partial charge on any atom is 0.411 e. The van der Waals surface area contributed by atoms with Gasteiger partial charge in [-0.05, 0) is 28.8 Å². The van der Waals surface area contributed by atoms with Crippen LogP contribution in [0.15, 0.2) is 78.9 Å². The lowest BCUT2D eigenvalue weighted by molar-refractivity contribution is 0.0887. The summed E-state index contributed by atoms with van der Waals surface area (Å²) in [5.41, 5.74) is 2.16. The molecule has 0 unspecified atom stereocenters. The highest BCUT2D eigenvalue weighted by molar-refractivity contribution is 6.12. The lowest BCUT2D eigenvalue weighted by Gasteiger charge is -2.10. The van der Waals surface area contributed by atoms with Gasteiger partial charge in [0.1, 0.15) is 18.0 Å². The third-order valence-electron chi connectivity index (χ3n) is 5.78. The SMILES string of the molecule is O=C(OCc1ccccc1)N1[C@@H](c2ccc(F)cc2)[C@@]12Cc1ccccc1C2=O. The summed E-state index contributed by atoms with van der Waals surface area (Å²) >= 11 is 0. The van der Waals surface area contributed by atoms with Crippen molar-refractivity contribution in [1.82, 2.24) is 4.90 Å². The van der Waals surface area contributed by atoms with Crippen molar-refractivity contribution in [3.05, 3.63) is 107 Å². The molecule has 1 heterocycles. The fourth-order valence-electron chi connectivity index (χ4n) is 4.37. The predicted octanol–water partition coefficient (Wildman–Crippen LogP) is 4.70. The summed E-state index contributed by atoms with van der Waals surface area (Å²) in [5.74, 6) is -0.443. The minimum atomic E-state index is -0.991. The molecule has 5 heteroatoms. The molecule has 0 aromatic heterocycles. The molecule has 2 aliphatic rings. The van der Waals surface area contributed by atoms with Crippen LogP contribution in [0.4, 0.5) is 9.18 Å². The van der Waals surface area contributed by atoms with Crippen LogP contribution in [0.25, 0.3) is 0 Å². The lowest BCUT2D eigenvalue weighted by atomic mass is 9.95. The minimum Gasteiger partial charge on any atom is -0.445 e. The Morgan fingerprint density at radius 3 is 2.41 bits per heavy atom. The van der Waals surface area contributed by atoms with Gasteiger partial charge in [0.25, 0.3) is 0 Å². The van der Waals surface area contributed by atoms with Gasteiger partial charge in [-0.1, -0.05) is 66.7 Å². The van der Waals surface area contributed by atoms with Gasteiger partial charge in [0.2, 0.25) is 0 Å². The number of hydrogen-bond acceptors (Lipinski definition) is 3. The Morgan fingerprint density at radius 2 is 1.69 bits per heavy atom. The number of ether oxygens (including phenoxy) is 1. The molecule has 3 aromatic rings. The number of hydrogen-bond donors (Lipinski definition) is 0. The fourth-order valence-corrected chi connectivity index (χ4v) is 4.37. The van der Waals surface area contributed by atoms with Crippen molar-refractivity contribution < 1.29 is 18.7 Å². The van der Waals surface area contributed by atoms with Crippen LogP contribution in [-0.2, 0) is 17.8 Å². The third kappa shape index (κ3) is 2.73. The van der Waals surface area contributed by atoms with Gasteiger partial charge in [0, 0.05) is 12.0 Å². The predicted molar refractivity (Wildman–Crippen MR) is 105 cm³/mol. The van der Waals surface area contributed by atoms with E-state index in [2.05, 4.69) is 0 Å². The van der Waals surface area contributed by atoms with E-state index in [1.807, 2.05) is 48.5 Å². The number of halogens is 1. The number of rotatable bonds is 3. The Balaban J connectivity index is 1.46. The number of benzene rings is 3. The highest BCUT2D eigenvalue weighted by Crippen LogP contribution is 2.60. The van der Waals surface area contributed by atoms with Crippen LogP contribution in [-0.4, -0.2) is 22.3 Å². The summed E-state index contributed by atoms with van der Waals surface area (Å²) in [6.45, 7) is 0.129. The smallest absolute Gasteiger partial charge is 0.411 e. The van der Waals surface area contributed by atoms with E-state index >= 15 is 0 Å². The van der Waals surface area contributed by atoms with Crippen LogP contribution in [0.3, 0.4) is 0 Å². The van der Waals surface area contributed by atoms with Crippen molar-refractivity contribution in [3.63, 3.8) is 0 Å². The van der Waals surface area contributed by atoms with Gasteiger partial charge in [-0.15, -0.1) is 0 Å². The van der Waals surface area contributed by atoms with Crippen molar-refractivity contribution in [1.29, 1.82) is 0 Å². The normalized spacial score (nSPS) is 21.9. The molecule has 1 fully saturated rings. The second-order valence-corrected chi connectivity index (χ2v) is 7.45. The van der Waals surface area contributed by atoms with Gasteiger partial charge in [0.05, 0.1) is 6.04 Å². The first-order valence-electron chi connectivity index (χ1n) is 9.49. The van der Waals surface area contributed by atoms with Crippen LogP contribution in [0.5, 0.6) is 0 Å². The van der Waals surface area contributed by atoms with Crippen LogP contribution in [0.1, 0.15) is 33.1 Å². The zero-order valence-electron chi connectivity index (χ0n) is 15.5. The summed E-state index contributed by atoms with van der Waals surface area (Å²) in [4.78, 5) is 27.8. The monoisotopic (exact) mass is 387 g/mol. The molecule has 1 aliphatic carbocycles. The second-order valence-electron chi connectivity index (χ2n) is 7.45. The highest BCUT2D eigenvalue weighted by atomic mass is 19.1. The van der Waals surface area contributed by atoms with Gasteiger partial charge in [-0.3, -0.25) is 9.69 Å². The molecule has 3 aromatic carbocycles. The molecule has 1 saturated heterocycles. The molecular formula is C24H18FNO3. The van der Waals surface area contributed by atoms with Gasteiger partial charge in [0.15, 0.2) is 5.78 Å². The van der Waals surface area contributed by atoms with Crippen molar-refractivity contribution in [2.75, 3.05) is 0 Å². The van der Waals surface area contributed by atoms with Gasteiger partial charge < -0.3 is 4.74 Å². The van der Waals surface area contributed by atoms with Crippen LogP contribution in [0.2, 0.25) is 0 Å². The van der Waals surface area contributed by atoms with Gasteiger partial charge in [-0.2, -0.15) is 0 Å². The van der Waals surface area contributed by atoms with Crippen LogP contribution in [0, 0.1) is 5.82 Å².